The molecular formula is C39H35FN4O6. The number of ether oxygens (including phenoxy) is 4. The number of likely N-dealkylation sites (tertiary alicyclic amines) is 1. The van der Waals surface area contributed by atoms with Crippen LogP contribution in [0.5, 0.6) is 28.7 Å². The average molecular weight is 675 g/mol. The molecule has 10 nitrogen and oxygen atoms in total. The number of aryl methyl sites for hydroxylation is 1. The van der Waals surface area contributed by atoms with Gasteiger partial charge in [-0.15, -0.1) is 12.3 Å². The molecule has 254 valence electrons. The molecule has 7 rings (SSSR count). The first-order valence-electron chi connectivity index (χ1n) is 16.4. The molecular weight excluding hydrogens is 639 g/mol. The van der Waals surface area contributed by atoms with Crippen molar-refractivity contribution in [2.75, 3.05) is 45.3 Å². The van der Waals surface area contributed by atoms with Crippen LogP contribution < -0.4 is 29.8 Å². The first-order chi connectivity index (χ1) is 24.3. The number of nitrogens with zero attached hydrogens (tertiary/aromatic N) is 3. The highest BCUT2D eigenvalue weighted by Crippen LogP contribution is 2.38. The van der Waals surface area contributed by atoms with Crippen LogP contribution in [0.3, 0.4) is 0 Å². The summed E-state index contributed by atoms with van der Waals surface area (Å²) in [4.78, 5) is 33.8. The fourth-order valence-electron chi connectivity index (χ4n) is 6.15. The third kappa shape index (κ3) is 6.58. The molecule has 5 aromatic rings. The molecule has 2 aliphatic rings. The Morgan fingerprint density at radius 2 is 1.90 bits per heavy atom. The monoisotopic (exact) mass is 674 g/mol. The number of hydrogen-bond donors (Lipinski definition) is 1. The number of fused-ring (bicyclic) bond motifs is 2. The molecule has 1 saturated heterocycles. The van der Waals surface area contributed by atoms with Gasteiger partial charge in [-0.3, -0.25) is 19.1 Å². The predicted octanol–water partition coefficient (Wildman–Crippen LogP) is 6.16. The zero-order valence-corrected chi connectivity index (χ0v) is 27.7. The zero-order valence-electron chi connectivity index (χ0n) is 27.7. The van der Waals surface area contributed by atoms with Gasteiger partial charge in [-0.25, -0.2) is 4.39 Å². The summed E-state index contributed by atoms with van der Waals surface area (Å²) < 4.78 is 40.2. The molecule has 2 aliphatic heterocycles. The molecule has 0 radical (unpaired) electrons. The van der Waals surface area contributed by atoms with Gasteiger partial charge in [0.2, 0.25) is 0 Å². The zero-order chi connectivity index (χ0) is 34.8. The van der Waals surface area contributed by atoms with Crippen molar-refractivity contribution in [3.63, 3.8) is 0 Å². The van der Waals surface area contributed by atoms with E-state index in [1.165, 1.54) is 16.7 Å². The Labute approximate surface area is 288 Å². The van der Waals surface area contributed by atoms with Gasteiger partial charge in [0.1, 0.15) is 17.1 Å². The Morgan fingerprint density at radius 3 is 2.66 bits per heavy atom. The molecule has 4 heterocycles. The average Bonchev–Trinajstić information content (AvgIpc) is 3.56. The number of anilines is 1. The van der Waals surface area contributed by atoms with E-state index >= 15 is 4.39 Å². The van der Waals surface area contributed by atoms with Crippen LogP contribution in [0.1, 0.15) is 27.9 Å². The van der Waals surface area contributed by atoms with Crippen LogP contribution in [0, 0.1) is 31.0 Å². The van der Waals surface area contributed by atoms with Gasteiger partial charge in [0.15, 0.2) is 23.1 Å². The van der Waals surface area contributed by atoms with E-state index in [1.807, 2.05) is 31.2 Å². The van der Waals surface area contributed by atoms with Crippen LogP contribution in [0.15, 0.2) is 77.9 Å². The number of hydrogen-bond acceptors (Lipinski definition) is 8. The second kappa shape index (κ2) is 13.9. The Morgan fingerprint density at radius 1 is 1.08 bits per heavy atom. The lowest BCUT2D eigenvalue weighted by molar-refractivity contribution is 0.102. The van der Waals surface area contributed by atoms with Gasteiger partial charge in [-0.05, 0) is 49.7 Å². The van der Waals surface area contributed by atoms with Crippen molar-refractivity contribution in [1.82, 2.24) is 14.5 Å². The minimum Gasteiger partial charge on any atom is -0.493 e. The highest BCUT2D eigenvalue weighted by Gasteiger charge is 2.28. The van der Waals surface area contributed by atoms with Crippen LogP contribution in [-0.4, -0.2) is 60.3 Å². The molecule has 0 unspecified atom stereocenters. The third-order valence-electron chi connectivity index (χ3n) is 8.86. The van der Waals surface area contributed by atoms with Crippen LogP contribution >= 0.6 is 0 Å². The van der Waals surface area contributed by atoms with Crippen LogP contribution in [0.25, 0.3) is 16.6 Å². The number of aromatic nitrogens is 2. The van der Waals surface area contributed by atoms with Gasteiger partial charge >= 0.3 is 0 Å². The molecule has 0 bridgehead atoms. The van der Waals surface area contributed by atoms with Crippen LogP contribution in [0.4, 0.5) is 10.1 Å². The van der Waals surface area contributed by atoms with Gasteiger partial charge in [-0.2, -0.15) is 0 Å². The molecule has 50 heavy (non-hydrogen) atoms. The highest BCUT2D eigenvalue weighted by molar-refractivity contribution is 6.06. The van der Waals surface area contributed by atoms with Gasteiger partial charge in [0, 0.05) is 78.8 Å². The van der Waals surface area contributed by atoms with E-state index in [4.69, 9.17) is 25.4 Å². The maximum absolute atomic E-state index is 15.5. The maximum Gasteiger partial charge on any atom is 0.271 e. The van der Waals surface area contributed by atoms with Crippen molar-refractivity contribution in [2.45, 2.75) is 19.8 Å². The summed E-state index contributed by atoms with van der Waals surface area (Å²) in [5.74, 6) is 3.25. The number of terminal acetylenes is 1. The molecule has 11 heteroatoms. The molecule has 0 saturated carbocycles. The van der Waals surface area contributed by atoms with Crippen LogP contribution in [0.2, 0.25) is 0 Å². The van der Waals surface area contributed by atoms with Gasteiger partial charge in [0.25, 0.3) is 11.5 Å². The number of carbonyl (C=O) groups is 1. The smallest absolute Gasteiger partial charge is 0.271 e. The van der Waals surface area contributed by atoms with E-state index < -0.39 is 17.3 Å². The number of methoxy groups -OCH3 is 1. The molecule has 3 aromatic carbocycles. The van der Waals surface area contributed by atoms with E-state index in [1.54, 1.807) is 37.7 Å². The van der Waals surface area contributed by atoms with Crippen molar-refractivity contribution in [2.24, 2.45) is 5.92 Å². The molecule has 1 amide bonds. The normalized spacial score (nSPS) is 14.0. The highest BCUT2D eigenvalue weighted by atomic mass is 19.1. The van der Waals surface area contributed by atoms with Crippen LogP contribution in [-0.2, 0) is 6.42 Å². The number of halogens is 1. The first-order valence-corrected chi connectivity index (χ1v) is 16.4. The minimum atomic E-state index is -0.720. The standard InChI is InChI=1S/C39H35FN4O6/c1-4-25-21-43(22-25)15-5-16-48-35-20-31-29(19-34(35)47-3)32(12-14-41-31)50-33-11-8-27(18-30(33)40)42-38(45)36-37-26(13-17-49-37)23-44(39(36)46)28-9-6-24(2)7-10-28/h1,6-12,14,18-20,23,25H,5,13,15-17,21-22H2,2-3H3,(H,42,45). The van der Waals surface area contributed by atoms with Crippen molar-refractivity contribution in [3.05, 3.63) is 106 Å². The fraction of sp³-hybridized carbons (Fsp3) is 0.256. The Bertz CT molecular complexity index is 2190. The van der Waals surface area contributed by atoms with Crippen molar-refractivity contribution in [3.8, 4) is 46.8 Å². The van der Waals surface area contributed by atoms with Gasteiger partial charge in [0.05, 0.1) is 25.8 Å². The summed E-state index contributed by atoms with van der Waals surface area (Å²) in [5, 5.41) is 3.25. The fourth-order valence-corrected chi connectivity index (χ4v) is 6.15. The van der Waals surface area contributed by atoms with Crippen molar-refractivity contribution < 1.29 is 28.1 Å². The largest absolute Gasteiger partial charge is 0.493 e. The third-order valence-corrected chi connectivity index (χ3v) is 8.86. The van der Waals surface area contributed by atoms with E-state index in [9.17, 15) is 9.59 Å². The quantitative estimate of drug-likeness (QED) is 0.131. The number of amides is 1. The van der Waals surface area contributed by atoms with Gasteiger partial charge in [-0.1, -0.05) is 17.7 Å². The summed E-state index contributed by atoms with van der Waals surface area (Å²) in [5.41, 5.74) is 2.45. The molecule has 1 fully saturated rings. The first kappa shape index (κ1) is 32.7. The lowest BCUT2D eigenvalue weighted by Crippen LogP contribution is -2.46. The number of benzene rings is 3. The summed E-state index contributed by atoms with van der Waals surface area (Å²) in [6.45, 7) is 5.53. The number of carbonyl (C=O) groups excluding carboxylic acids is 1. The summed E-state index contributed by atoms with van der Waals surface area (Å²) in [6, 6.07) is 16.6. The number of nitrogens with one attached hydrogen (secondary N) is 1. The SMILES string of the molecule is C#CC1CN(CCCOc2cc3nccc(Oc4ccc(NC(=O)c5c6c(cn(-c7ccc(C)cc7)c5=O)CCO6)cc4F)c3cc2OC)C1. The summed E-state index contributed by atoms with van der Waals surface area (Å²) in [7, 11) is 1.55. The van der Waals surface area contributed by atoms with Crippen molar-refractivity contribution >= 4 is 22.5 Å². The lowest BCUT2D eigenvalue weighted by atomic mass is 10.0. The molecule has 0 atom stereocenters. The minimum absolute atomic E-state index is 0.0708. The summed E-state index contributed by atoms with van der Waals surface area (Å²) in [6.07, 6.45) is 10.1. The molecule has 0 aliphatic carbocycles. The second-order valence-corrected chi connectivity index (χ2v) is 12.3. The topological polar surface area (TPSA) is 104 Å². The van der Waals surface area contributed by atoms with E-state index in [0.29, 0.717) is 59.4 Å². The Balaban J connectivity index is 1.07. The van der Waals surface area contributed by atoms with E-state index in [-0.39, 0.29) is 22.7 Å². The Kier molecular flexibility index (Phi) is 9.11. The Hall–Kier alpha value is -5.86. The van der Waals surface area contributed by atoms with Gasteiger partial charge < -0.3 is 29.2 Å². The van der Waals surface area contributed by atoms with Crippen molar-refractivity contribution in [1.29, 1.82) is 0 Å². The number of rotatable bonds is 11. The predicted molar refractivity (Wildman–Crippen MR) is 188 cm³/mol. The van der Waals surface area contributed by atoms with E-state index in [2.05, 4.69) is 21.1 Å². The van der Waals surface area contributed by atoms with E-state index in [0.717, 1.165) is 43.2 Å². The molecule has 0 spiro atoms. The molecule has 1 N–H and O–H groups in total. The number of pyridine rings is 2. The second-order valence-electron chi connectivity index (χ2n) is 12.3. The molecule has 2 aromatic heterocycles. The lowest BCUT2D eigenvalue weighted by Gasteiger charge is -2.36. The maximum atomic E-state index is 15.5. The summed E-state index contributed by atoms with van der Waals surface area (Å²) >= 11 is 0.